The van der Waals surface area contributed by atoms with E-state index >= 15 is 0 Å². The van der Waals surface area contributed by atoms with E-state index < -0.39 is 0 Å². The molecule has 2 aromatic rings. The van der Waals surface area contributed by atoms with Crippen molar-refractivity contribution in [2.75, 3.05) is 0 Å². The van der Waals surface area contributed by atoms with Crippen molar-refractivity contribution in [2.24, 2.45) is 0 Å². The van der Waals surface area contributed by atoms with Crippen LogP contribution in [0.15, 0.2) is 65.9 Å². The van der Waals surface area contributed by atoms with Crippen molar-refractivity contribution in [3.8, 4) is 0 Å². The molecule has 0 N–H and O–H groups in total. The minimum atomic E-state index is -0.0324. The monoisotopic (exact) mass is 345 g/mol. The Labute approximate surface area is 132 Å². The van der Waals surface area contributed by atoms with Gasteiger partial charge in [0, 0.05) is 17.0 Å². The summed E-state index contributed by atoms with van der Waals surface area (Å²) in [6.07, 6.45) is 5.58. The van der Waals surface area contributed by atoms with Gasteiger partial charge in [0.2, 0.25) is 0 Å². The minimum absolute atomic E-state index is 0.0324. The lowest BCUT2D eigenvalue weighted by atomic mass is 9.89. The van der Waals surface area contributed by atoms with E-state index in [4.69, 9.17) is 0 Å². The van der Waals surface area contributed by atoms with Crippen LogP contribution in [0.5, 0.6) is 0 Å². The highest BCUT2D eigenvalue weighted by Crippen LogP contribution is 2.26. The maximum Gasteiger partial charge on any atom is 0.191 e. The first-order chi connectivity index (χ1) is 10.1. The first-order valence-electron chi connectivity index (χ1n) is 6.68. The van der Waals surface area contributed by atoms with Crippen molar-refractivity contribution in [1.29, 1.82) is 0 Å². The van der Waals surface area contributed by atoms with E-state index in [2.05, 4.69) is 22.5 Å². The Morgan fingerprint density at radius 2 is 2.05 bits per heavy atom. The van der Waals surface area contributed by atoms with Gasteiger partial charge in [0.05, 0.1) is 5.56 Å². The lowest BCUT2D eigenvalue weighted by Gasteiger charge is -2.15. The standard InChI is InChI=1S/C17H16BrNO2/c1-2-4-14(13-6-8-16(18)9-7-13)11-17(20)15-5-3-10-19(21)12-15/h2-3,5-10,12,14H,1,4,11H2. The van der Waals surface area contributed by atoms with E-state index in [1.807, 2.05) is 30.3 Å². The summed E-state index contributed by atoms with van der Waals surface area (Å²) < 4.78 is 1.65. The predicted molar refractivity (Wildman–Crippen MR) is 86.0 cm³/mol. The summed E-state index contributed by atoms with van der Waals surface area (Å²) in [5.74, 6) is 0.0402. The fourth-order valence-electron chi connectivity index (χ4n) is 2.23. The first kappa shape index (κ1) is 15.4. The van der Waals surface area contributed by atoms with Crippen LogP contribution in [0.25, 0.3) is 0 Å². The van der Waals surface area contributed by atoms with Crippen molar-refractivity contribution in [2.45, 2.75) is 18.8 Å². The molecule has 1 atom stereocenters. The van der Waals surface area contributed by atoms with Gasteiger partial charge in [-0.3, -0.25) is 4.79 Å². The van der Waals surface area contributed by atoms with E-state index in [0.717, 1.165) is 16.5 Å². The minimum Gasteiger partial charge on any atom is -0.619 e. The number of rotatable bonds is 6. The second-order valence-electron chi connectivity index (χ2n) is 4.85. The maximum atomic E-state index is 12.3. The summed E-state index contributed by atoms with van der Waals surface area (Å²) in [6, 6.07) is 11.2. The van der Waals surface area contributed by atoms with Crippen LogP contribution < -0.4 is 4.73 Å². The Morgan fingerprint density at radius 1 is 1.33 bits per heavy atom. The third-order valence-corrected chi connectivity index (χ3v) is 3.85. The Morgan fingerprint density at radius 3 is 2.67 bits per heavy atom. The lowest BCUT2D eigenvalue weighted by molar-refractivity contribution is -0.605. The predicted octanol–water partition coefficient (Wildman–Crippen LogP) is 4.02. The van der Waals surface area contributed by atoms with Crippen LogP contribution in [0, 0.1) is 5.21 Å². The number of Topliss-reactive ketones (excluding diaryl/α,β-unsaturated/α-hetero) is 1. The highest BCUT2D eigenvalue weighted by Gasteiger charge is 2.17. The second-order valence-corrected chi connectivity index (χ2v) is 5.77. The molecule has 21 heavy (non-hydrogen) atoms. The molecule has 0 bridgehead atoms. The van der Waals surface area contributed by atoms with Crippen LogP contribution >= 0.6 is 15.9 Å². The molecule has 3 nitrogen and oxygen atoms in total. The van der Waals surface area contributed by atoms with E-state index in [1.54, 1.807) is 12.1 Å². The molecule has 0 aliphatic rings. The molecule has 0 fully saturated rings. The summed E-state index contributed by atoms with van der Waals surface area (Å²) in [4.78, 5) is 12.3. The number of allylic oxidation sites excluding steroid dienone is 1. The number of carbonyl (C=O) groups is 1. The zero-order valence-corrected chi connectivity index (χ0v) is 13.1. The van der Waals surface area contributed by atoms with Gasteiger partial charge in [-0.25, -0.2) is 0 Å². The number of carbonyl (C=O) groups excluding carboxylic acids is 1. The number of hydrogen-bond acceptors (Lipinski definition) is 2. The van der Waals surface area contributed by atoms with Crippen molar-refractivity contribution in [1.82, 2.24) is 0 Å². The van der Waals surface area contributed by atoms with E-state index in [0.29, 0.717) is 16.7 Å². The van der Waals surface area contributed by atoms with Crippen LogP contribution in [0.1, 0.15) is 34.7 Å². The zero-order chi connectivity index (χ0) is 15.2. The molecule has 1 aromatic heterocycles. The van der Waals surface area contributed by atoms with Crippen LogP contribution in [0.2, 0.25) is 0 Å². The molecule has 1 aromatic carbocycles. The molecule has 1 heterocycles. The molecule has 0 aliphatic heterocycles. The maximum absolute atomic E-state index is 12.3. The molecule has 0 radical (unpaired) electrons. The topological polar surface area (TPSA) is 44.0 Å². The quantitative estimate of drug-likeness (QED) is 0.343. The summed E-state index contributed by atoms with van der Waals surface area (Å²) >= 11 is 3.40. The van der Waals surface area contributed by atoms with Gasteiger partial charge >= 0.3 is 0 Å². The van der Waals surface area contributed by atoms with E-state index in [-0.39, 0.29) is 11.7 Å². The van der Waals surface area contributed by atoms with Crippen LogP contribution in [-0.4, -0.2) is 5.78 Å². The van der Waals surface area contributed by atoms with Gasteiger partial charge < -0.3 is 5.21 Å². The fraction of sp³-hybridized carbons (Fsp3) is 0.176. The number of aromatic nitrogens is 1. The van der Waals surface area contributed by atoms with Crippen LogP contribution in [0.3, 0.4) is 0 Å². The highest BCUT2D eigenvalue weighted by atomic mass is 79.9. The van der Waals surface area contributed by atoms with Gasteiger partial charge in [-0.2, -0.15) is 4.73 Å². The van der Waals surface area contributed by atoms with Crippen molar-refractivity contribution >= 4 is 21.7 Å². The number of pyridine rings is 1. The number of benzene rings is 1. The molecule has 2 rings (SSSR count). The Bertz CT molecular complexity index is 637. The average molecular weight is 346 g/mol. The molecular formula is C17H16BrNO2. The third-order valence-electron chi connectivity index (χ3n) is 3.32. The van der Waals surface area contributed by atoms with Crippen molar-refractivity contribution in [3.63, 3.8) is 0 Å². The molecule has 4 heteroatoms. The number of halogens is 1. The van der Waals surface area contributed by atoms with Gasteiger partial charge in [-0.1, -0.05) is 34.1 Å². The Hall–Kier alpha value is -1.94. The summed E-state index contributed by atoms with van der Waals surface area (Å²) in [6.45, 7) is 3.76. The van der Waals surface area contributed by atoms with Gasteiger partial charge in [-0.05, 0) is 36.1 Å². The SMILES string of the molecule is C=CCC(CC(=O)c1ccc[n+]([O-])c1)c1ccc(Br)cc1. The molecule has 108 valence electrons. The smallest absolute Gasteiger partial charge is 0.191 e. The number of hydrogen-bond donors (Lipinski definition) is 0. The Kier molecular flexibility index (Phi) is 5.28. The summed E-state index contributed by atoms with van der Waals surface area (Å²) in [5, 5.41) is 11.3. The van der Waals surface area contributed by atoms with Crippen molar-refractivity contribution in [3.05, 3.63) is 82.3 Å². The molecule has 0 saturated heterocycles. The number of ketones is 1. The first-order valence-corrected chi connectivity index (χ1v) is 7.48. The Balaban J connectivity index is 2.18. The summed E-state index contributed by atoms with van der Waals surface area (Å²) in [7, 11) is 0. The summed E-state index contributed by atoms with van der Waals surface area (Å²) in [5.41, 5.74) is 1.54. The molecule has 0 amide bonds. The van der Waals surface area contributed by atoms with Crippen LogP contribution in [-0.2, 0) is 0 Å². The largest absolute Gasteiger partial charge is 0.619 e. The van der Waals surface area contributed by atoms with Crippen molar-refractivity contribution < 1.29 is 9.52 Å². The normalized spacial score (nSPS) is 11.9. The van der Waals surface area contributed by atoms with Gasteiger partial charge in [0.25, 0.3) is 0 Å². The zero-order valence-electron chi connectivity index (χ0n) is 11.5. The molecule has 0 spiro atoms. The average Bonchev–Trinajstić information content (AvgIpc) is 2.47. The molecule has 0 saturated carbocycles. The number of nitrogens with zero attached hydrogens (tertiary/aromatic N) is 1. The lowest BCUT2D eigenvalue weighted by Crippen LogP contribution is -2.26. The molecular weight excluding hydrogens is 330 g/mol. The highest BCUT2D eigenvalue weighted by molar-refractivity contribution is 9.10. The van der Waals surface area contributed by atoms with Gasteiger partial charge in [0.1, 0.15) is 0 Å². The fourth-order valence-corrected chi connectivity index (χ4v) is 2.50. The van der Waals surface area contributed by atoms with E-state index in [1.165, 1.54) is 12.4 Å². The van der Waals surface area contributed by atoms with Gasteiger partial charge in [-0.15, -0.1) is 6.58 Å². The second kappa shape index (κ2) is 7.18. The molecule has 0 aliphatic carbocycles. The van der Waals surface area contributed by atoms with E-state index in [9.17, 15) is 10.0 Å². The van der Waals surface area contributed by atoms with Gasteiger partial charge in [0.15, 0.2) is 18.2 Å². The van der Waals surface area contributed by atoms with Crippen LogP contribution in [0.4, 0.5) is 0 Å². The third kappa shape index (κ3) is 4.26. The molecule has 1 unspecified atom stereocenters.